The molecule has 1 atom stereocenters. The summed E-state index contributed by atoms with van der Waals surface area (Å²) in [6.45, 7) is 5.08. The molecule has 0 rings (SSSR count). The Bertz CT molecular complexity index is 424. The molecule has 0 aliphatic rings. The van der Waals surface area contributed by atoms with Crippen molar-refractivity contribution >= 4 is 17.7 Å². The zero-order chi connectivity index (χ0) is 19.4. The van der Waals surface area contributed by atoms with Gasteiger partial charge in [0.05, 0.1) is 0 Å². The summed E-state index contributed by atoms with van der Waals surface area (Å²) in [4.78, 5) is 11.3. The molecule has 0 spiro atoms. The molecule has 0 fully saturated rings. The van der Waals surface area contributed by atoms with E-state index in [1.165, 1.54) is 6.92 Å². The van der Waals surface area contributed by atoms with Gasteiger partial charge in [-0.2, -0.15) is 30.7 Å². The molecule has 1 N–H and O–H groups in total. The number of unbranched alkanes of at least 4 members (excludes halogenated alkanes) is 1. The van der Waals surface area contributed by atoms with Gasteiger partial charge in [0.1, 0.15) is 4.75 Å². The summed E-state index contributed by atoms with van der Waals surface area (Å²) in [5, 5.41) is 9.20. The number of alkyl halides is 7. The van der Waals surface area contributed by atoms with Gasteiger partial charge in [-0.05, 0) is 37.9 Å². The molecule has 0 bridgehead atoms. The largest absolute Gasteiger partial charge is 0.480 e. The number of hydrogen-bond donors (Lipinski definition) is 1. The lowest BCUT2D eigenvalue weighted by Crippen LogP contribution is -2.51. The lowest BCUT2D eigenvalue weighted by Gasteiger charge is -2.28. The Morgan fingerprint density at radius 1 is 1.04 bits per heavy atom. The van der Waals surface area contributed by atoms with Gasteiger partial charge < -0.3 is 5.11 Å². The van der Waals surface area contributed by atoms with E-state index in [0.717, 1.165) is 11.8 Å². The first-order valence-electron chi connectivity index (χ1n) is 7.26. The van der Waals surface area contributed by atoms with Crippen LogP contribution < -0.4 is 0 Å². The van der Waals surface area contributed by atoms with E-state index in [1.807, 2.05) is 13.8 Å². The summed E-state index contributed by atoms with van der Waals surface area (Å²) in [5.74, 6) is -12.2. The van der Waals surface area contributed by atoms with Crippen LogP contribution >= 0.6 is 11.8 Å². The Morgan fingerprint density at radius 2 is 1.54 bits per heavy atom. The zero-order valence-corrected chi connectivity index (χ0v) is 14.3. The molecule has 0 aromatic heterocycles. The van der Waals surface area contributed by atoms with Crippen LogP contribution in [-0.2, 0) is 4.79 Å². The van der Waals surface area contributed by atoms with Gasteiger partial charge >= 0.3 is 24.0 Å². The third-order valence-corrected chi connectivity index (χ3v) is 4.84. The van der Waals surface area contributed by atoms with E-state index in [9.17, 15) is 40.6 Å². The van der Waals surface area contributed by atoms with Crippen LogP contribution in [0, 0.1) is 5.92 Å². The first-order chi connectivity index (χ1) is 10.6. The highest BCUT2D eigenvalue weighted by Crippen LogP contribution is 2.48. The van der Waals surface area contributed by atoms with Crippen molar-refractivity contribution in [3.63, 3.8) is 0 Å². The van der Waals surface area contributed by atoms with Gasteiger partial charge in [-0.25, -0.2) is 0 Å². The number of halogens is 7. The number of carboxylic acid groups (broad SMARTS) is 1. The maximum atomic E-state index is 13.1. The van der Waals surface area contributed by atoms with Crippen LogP contribution in [0.3, 0.4) is 0 Å². The molecular formula is C14H21F7O2S. The van der Waals surface area contributed by atoms with Crippen molar-refractivity contribution < 1.29 is 40.6 Å². The van der Waals surface area contributed by atoms with Gasteiger partial charge in [0.25, 0.3) is 0 Å². The van der Waals surface area contributed by atoms with E-state index < -0.39 is 41.6 Å². The van der Waals surface area contributed by atoms with E-state index >= 15 is 0 Å². The normalized spacial score (nSPS) is 16.3. The summed E-state index contributed by atoms with van der Waals surface area (Å²) >= 11 is 0.970. The predicted octanol–water partition coefficient (Wildman–Crippen LogP) is 5.61. The van der Waals surface area contributed by atoms with Crippen LogP contribution in [0.15, 0.2) is 0 Å². The fraction of sp³-hybridized carbons (Fsp3) is 0.929. The Hall–Kier alpha value is -0.670. The molecule has 0 aliphatic carbocycles. The molecule has 0 heterocycles. The van der Waals surface area contributed by atoms with Crippen molar-refractivity contribution in [2.75, 3.05) is 5.75 Å². The summed E-state index contributed by atoms with van der Waals surface area (Å²) in [5.41, 5.74) is 0. The number of carbonyl (C=O) groups is 1. The van der Waals surface area contributed by atoms with E-state index in [4.69, 9.17) is 0 Å². The van der Waals surface area contributed by atoms with Crippen molar-refractivity contribution in [2.24, 2.45) is 5.92 Å². The highest BCUT2D eigenvalue weighted by molar-refractivity contribution is 8.01. The van der Waals surface area contributed by atoms with Crippen LogP contribution in [0.1, 0.15) is 46.5 Å². The highest BCUT2D eigenvalue weighted by Gasteiger charge is 2.72. The molecule has 0 aromatic rings. The second kappa shape index (κ2) is 8.14. The Morgan fingerprint density at radius 3 is 1.92 bits per heavy atom. The van der Waals surface area contributed by atoms with Gasteiger partial charge in [-0.3, -0.25) is 4.79 Å². The molecule has 0 saturated carbocycles. The zero-order valence-electron chi connectivity index (χ0n) is 13.5. The Labute approximate surface area is 140 Å². The predicted molar refractivity (Wildman–Crippen MR) is 77.8 cm³/mol. The second-order valence-corrected chi connectivity index (χ2v) is 7.81. The van der Waals surface area contributed by atoms with Crippen LogP contribution in [0.5, 0.6) is 0 Å². The number of hydrogen-bond acceptors (Lipinski definition) is 2. The molecule has 10 heteroatoms. The van der Waals surface area contributed by atoms with Crippen LogP contribution in [-0.4, -0.2) is 39.6 Å². The average Bonchev–Trinajstić information content (AvgIpc) is 2.35. The third-order valence-electron chi connectivity index (χ3n) is 3.37. The van der Waals surface area contributed by atoms with E-state index in [1.54, 1.807) is 0 Å². The minimum Gasteiger partial charge on any atom is -0.480 e. The van der Waals surface area contributed by atoms with Gasteiger partial charge in [0.2, 0.25) is 0 Å². The number of aliphatic carboxylic acids is 1. The summed E-state index contributed by atoms with van der Waals surface area (Å²) in [6.07, 6.45) is -8.27. The van der Waals surface area contributed by atoms with Crippen LogP contribution in [0.4, 0.5) is 30.7 Å². The first-order valence-corrected chi connectivity index (χ1v) is 8.25. The highest BCUT2D eigenvalue weighted by atomic mass is 32.2. The van der Waals surface area contributed by atoms with E-state index in [-0.39, 0.29) is 18.1 Å². The average molecular weight is 386 g/mol. The number of rotatable bonds is 10. The summed E-state index contributed by atoms with van der Waals surface area (Å²) in [7, 11) is 0. The fourth-order valence-corrected chi connectivity index (χ4v) is 3.47. The minimum atomic E-state index is -6.32. The first kappa shape index (κ1) is 23.3. The standard InChI is InChI=1S/C14H21F7O2S/c1-9(2)8-11(3,10(22)23)24-7-5-4-6-12(15,16)13(17,18)14(19,20)21/h9H,4-8H2,1-3H3,(H,22,23). The Kier molecular flexibility index (Phi) is 7.91. The molecule has 0 aliphatic heterocycles. The van der Waals surface area contributed by atoms with Crippen molar-refractivity contribution in [3.8, 4) is 0 Å². The maximum Gasteiger partial charge on any atom is 0.459 e. The van der Waals surface area contributed by atoms with Crippen molar-refractivity contribution in [1.29, 1.82) is 0 Å². The van der Waals surface area contributed by atoms with E-state index in [2.05, 4.69) is 0 Å². The summed E-state index contributed by atoms with van der Waals surface area (Å²) in [6, 6.07) is 0. The lowest BCUT2D eigenvalue weighted by atomic mass is 9.98. The molecule has 24 heavy (non-hydrogen) atoms. The molecule has 144 valence electrons. The van der Waals surface area contributed by atoms with Crippen molar-refractivity contribution in [1.82, 2.24) is 0 Å². The van der Waals surface area contributed by atoms with Gasteiger partial charge in [0, 0.05) is 6.42 Å². The second-order valence-electron chi connectivity index (χ2n) is 6.22. The number of thioether (sulfide) groups is 1. The summed E-state index contributed by atoms with van der Waals surface area (Å²) < 4.78 is 86.3. The molecule has 1 unspecified atom stereocenters. The van der Waals surface area contributed by atoms with Crippen LogP contribution in [0.2, 0.25) is 0 Å². The van der Waals surface area contributed by atoms with Crippen molar-refractivity contribution in [3.05, 3.63) is 0 Å². The van der Waals surface area contributed by atoms with Gasteiger partial charge in [-0.1, -0.05) is 13.8 Å². The molecular weight excluding hydrogens is 365 g/mol. The maximum absolute atomic E-state index is 13.1. The topological polar surface area (TPSA) is 37.3 Å². The quantitative estimate of drug-likeness (QED) is 0.392. The van der Waals surface area contributed by atoms with Crippen LogP contribution in [0.25, 0.3) is 0 Å². The molecule has 0 saturated heterocycles. The monoisotopic (exact) mass is 386 g/mol. The van der Waals surface area contributed by atoms with Gasteiger partial charge in [0.15, 0.2) is 0 Å². The van der Waals surface area contributed by atoms with Gasteiger partial charge in [-0.15, -0.1) is 11.8 Å². The SMILES string of the molecule is CC(C)CC(C)(SCCCCC(F)(F)C(F)(F)C(F)(F)F)C(=O)O. The Balaban J connectivity index is 4.51. The number of carboxylic acids is 1. The third kappa shape index (κ3) is 6.00. The molecule has 2 nitrogen and oxygen atoms in total. The molecule has 0 radical (unpaired) electrons. The lowest BCUT2D eigenvalue weighted by molar-refractivity contribution is -0.355. The fourth-order valence-electron chi connectivity index (χ4n) is 2.10. The van der Waals surface area contributed by atoms with E-state index in [0.29, 0.717) is 6.42 Å². The molecule has 0 aromatic carbocycles. The molecule has 0 amide bonds. The minimum absolute atomic E-state index is 0.0633. The van der Waals surface area contributed by atoms with Crippen molar-refractivity contribution in [2.45, 2.75) is 69.2 Å². The smallest absolute Gasteiger partial charge is 0.459 e.